The summed E-state index contributed by atoms with van der Waals surface area (Å²) in [4.78, 5) is 2.60. The van der Waals surface area contributed by atoms with Gasteiger partial charge in [0.1, 0.15) is 0 Å². The summed E-state index contributed by atoms with van der Waals surface area (Å²) in [5, 5.41) is 3.81. The van der Waals surface area contributed by atoms with Gasteiger partial charge < -0.3 is 10.2 Å². The van der Waals surface area contributed by atoms with E-state index in [0.29, 0.717) is 0 Å². The summed E-state index contributed by atoms with van der Waals surface area (Å²) in [6.07, 6.45) is 11.5. The Hall–Kier alpha value is -0.0800. The van der Waals surface area contributed by atoms with E-state index < -0.39 is 0 Å². The van der Waals surface area contributed by atoms with Crippen molar-refractivity contribution in [3.05, 3.63) is 0 Å². The zero-order valence-corrected chi connectivity index (χ0v) is 11.6. The molecular weight excluding hydrogens is 208 g/mol. The molecule has 17 heavy (non-hydrogen) atoms. The minimum atomic E-state index is 0.799. The van der Waals surface area contributed by atoms with Crippen LogP contribution in [0, 0.1) is 5.92 Å². The maximum Gasteiger partial charge on any atom is 0.00797 e. The second-order valence-corrected chi connectivity index (χ2v) is 5.96. The maximum atomic E-state index is 3.81. The molecule has 0 bridgehead atoms. The van der Waals surface area contributed by atoms with E-state index in [1.54, 1.807) is 0 Å². The number of nitrogens with zero attached hydrogens (tertiary/aromatic N) is 1. The molecule has 0 radical (unpaired) electrons. The van der Waals surface area contributed by atoms with Gasteiger partial charge in [-0.05, 0) is 57.8 Å². The predicted molar refractivity (Wildman–Crippen MR) is 74.3 cm³/mol. The summed E-state index contributed by atoms with van der Waals surface area (Å²) >= 11 is 0. The normalized spacial score (nSPS) is 28.4. The van der Waals surface area contributed by atoms with Crippen LogP contribution in [0.15, 0.2) is 0 Å². The Morgan fingerprint density at radius 2 is 1.82 bits per heavy atom. The van der Waals surface area contributed by atoms with Gasteiger partial charge in [0.2, 0.25) is 0 Å². The van der Waals surface area contributed by atoms with E-state index >= 15 is 0 Å². The van der Waals surface area contributed by atoms with Crippen LogP contribution in [0.3, 0.4) is 0 Å². The lowest BCUT2D eigenvalue weighted by Gasteiger charge is -2.19. The molecule has 0 aromatic carbocycles. The third-order valence-electron chi connectivity index (χ3n) is 4.73. The van der Waals surface area contributed by atoms with Crippen molar-refractivity contribution in [1.29, 1.82) is 0 Å². The number of likely N-dealkylation sites (tertiary alicyclic amines) is 1. The van der Waals surface area contributed by atoms with Crippen molar-refractivity contribution in [3.63, 3.8) is 0 Å². The zero-order valence-electron chi connectivity index (χ0n) is 11.6. The molecule has 2 fully saturated rings. The fourth-order valence-corrected chi connectivity index (χ4v) is 3.47. The van der Waals surface area contributed by atoms with Crippen LogP contribution in [0.4, 0.5) is 0 Å². The van der Waals surface area contributed by atoms with Crippen molar-refractivity contribution in [2.24, 2.45) is 5.92 Å². The second kappa shape index (κ2) is 7.38. The van der Waals surface area contributed by atoms with Gasteiger partial charge in [-0.2, -0.15) is 0 Å². The van der Waals surface area contributed by atoms with Crippen molar-refractivity contribution in [2.45, 2.75) is 64.3 Å². The highest BCUT2D eigenvalue weighted by Crippen LogP contribution is 2.27. The topological polar surface area (TPSA) is 15.3 Å². The van der Waals surface area contributed by atoms with E-state index in [9.17, 15) is 0 Å². The van der Waals surface area contributed by atoms with Crippen molar-refractivity contribution in [1.82, 2.24) is 10.2 Å². The van der Waals surface area contributed by atoms with Crippen molar-refractivity contribution in [3.8, 4) is 0 Å². The Morgan fingerprint density at radius 1 is 1.00 bits per heavy atom. The predicted octanol–water partition coefficient (Wildman–Crippen LogP) is 3.03. The molecule has 2 aliphatic rings. The standard InChI is InChI=1S/C15H30N2/c1-2-17-12-5-8-15(10-13-17)16-11-9-14-6-3-4-7-14/h14-16H,2-13H2,1H3. The first-order valence-corrected chi connectivity index (χ1v) is 7.84. The van der Waals surface area contributed by atoms with E-state index in [2.05, 4.69) is 17.1 Å². The summed E-state index contributed by atoms with van der Waals surface area (Å²) in [6, 6.07) is 0.799. The van der Waals surface area contributed by atoms with Crippen LogP contribution in [0.2, 0.25) is 0 Å². The van der Waals surface area contributed by atoms with E-state index in [-0.39, 0.29) is 0 Å². The average molecular weight is 238 g/mol. The van der Waals surface area contributed by atoms with Gasteiger partial charge in [0.05, 0.1) is 0 Å². The molecule has 1 aliphatic heterocycles. The van der Waals surface area contributed by atoms with Crippen LogP contribution in [0.25, 0.3) is 0 Å². The van der Waals surface area contributed by atoms with Gasteiger partial charge in [0.25, 0.3) is 0 Å². The zero-order chi connectivity index (χ0) is 11.9. The van der Waals surface area contributed by atoms with Crippen molar-refractivity contribution >= 4 is 0 Å². The van der Waals surface area contributed by atoms with Crippen molar-refractivity contribution in [2.75, 3.05) is 26.2 Å². The molecule has 1 atom stereocenters. The van der Waals surface area contributed by atoms with Crippen LogP contribution in [0.1, 0.15) is 58.3 Å². The number of hydrogen-bond donors (Lipinski definition) is 1. The third kappa shape index (κ3) is 4.59. The van der Waals surface area contributed by atoms with Gasteiger partial charge >= 0.3 is 0 Å². The molecule has 1 N–H and O–H groups in total. The molecule has 1 saturated heterocycles. The Morgan fingerprint density at radius 3 is 2.59 bits per heavy atom. The fraction of sp³-hybridized carbons (Fsp3) is 1.00. The SMILES string of the molecule is CCN1CCCC(NCCC2CCCC2)CC1. The van der Waals surface area contributed by atoms with E-state index in [1.165, 1.54) is 77.5 Å². The minimum Gasteiger partial charge on any atom is -0.314 e. The van der Waals surface area contributed by atoms with Crippen LogP contribution < -0.4 is 5.32 Å². The van der Waals surface area contributed by atoms with Gasteiger partial charge in [-0.3, -0.25) is 0 Å². The fourth-order valence-electron chi connectivity index (χ4n) is 3.47. The molecular formula is C15H30N2. The van der Waals surface area contributed by atoms with Crippen molar-refractivity contribution < 1.29 is 0 Å². The highest BCUT2D eigenvalue weighted by Gasteiger charge is 2.17. The summed E-state index contributed by atoms with van der Waals surface area (Å²) in [6.45, 7) is 7.40. The highest BCUT2D eigenvalue weighted by molar-refractivity contribution is 4.75. The molecule has 2 heteroatoms. The van der Waals surface area contributed by atoms with Crippen LogP contribution in [-0.2, 0) is 0 Å². The Labute approximate surface area is 107 Å². The highest BCUT2D eigenvalue weighted by atomic mass is 15.1. The van der Waals surface area contributed by atoms with Gasteiger partial charge in [0, 0.05) is 6.04 Å². The Kier molecular flexibility index (Phi) is 5.79. The van der Waals surface area contributed by atoms with Crippen LogP contribution in [0.5, 0.6) is 0 Å². The molecule has 1 unspecified atom stereocenters. The Bertz CT molecular complexity index is 199. The molecule has 0 amide bonds. The van der Waals surface area contributed by atoms with E-state index in [4.69, 9.17) is 0 Å². The van der Waals surface area contributed by atoms with Gasteiger partial charge in [0.15, 0.2) is 0 Å². The number of nitrogens with one attached hydrogen (secondary N) is 1. The Balaban J connectivity index is 1.58. The monoisotopic (exact) mass is 238 g/mol. The van der Waals surface area contributed by atoms with Crippen LogP contribution in [-0.4, -0.2) is 37.1 Å². The molecule has 1 heterocycles. The number of rotatable bonds is 5. The maximum absolute atomic E-state index is 3.81. The van der Waals surface area contributed by atoms with Crippen LogP contribution >= 0.6 is 0 Å². The largest absolute Gasteiger partial charge is 0.314 e. The molecule has 0 aromatic heterocycles. The molecule has 2 nitrogen and oxygen atoms in total. The first kappa shape index (κ1) is 13.4. The summed E-state index contributed by atoms with van der Waals surface area (Å²) < 4.78 is 0. The molecule has 0 spiro atoms. The number of hydrogen-bond acceptors (Lipinski definition) is 2. The first-order valence-electron chi connectivity index (χ1n) is 7.84. The van der Waals surface area contributed by atoms with Gasteiger partial charge in [-0.1, -0.05) is 32.6 Å². The smallest absolute Gasteiger partial charge is 0.00797 e. The first-order chi connectivity index (χ1) is 8.38. The summed E-state index contributed by atoms with van der Waals surface area (Å²) in [7, 11) is 0. The quantitative estimate of drug-likeness (QED) is 0.792. The lowest BCUT2D eigenvalue weighted by atomic mass is 10.0. The molecule has 1 saturated carbocycles. The molecule has 0 aromatic rings. The van der Waals surface area contributed by atoms with Gasteiger partial charge in [-0.15, -0.1) is 0 Å². The van der Waals surface area contributed by atoms with Gasteiger partial charge in [-0.25, -0.2) is 0 Å². The average Bonchev–Trinajstić information content (AvgIpc) is 2.75. The molecule has 100 valence electrons. The lowest BCUT2D eigenvalue weighted by molar-refractivity contribution is 0.296. The lowest BCUT2D eigenvalue weighted by Crippen LogP contribution is -2.32. The molecule has 2 rings (SSSR count). The molecule has 1 aliphatic carbocycles. The van der Waals surface area contributed by atoms with E-state index in [0.717, 1.165) is 12.0 Å². The third-order valence-corrected chi connectivity index (χ3v) is 4.73. The summed E-state index contributed by atoms with van der Waals surface area (Å²) in [5.41, 5.74) is 0. The van der Waals surface area contributed by atoms with E-state index in [1.807, 2.05) is 0 Å². The second-order valence-electron chi connectivity index (χ2n) is 5.96. The summed E-state index contributed by atoms with van der Waals surface area (Å²) in [5.74, 6) is 1.04. The minimum absolute atomic E-state index is 0.799.